The zero-order valence-corrected chi connectivity index (χ0v) is 20.9. The van der Waals surface area contributed by atoms with Crippen molar-refractivity contribution in [2.45, 2.75) is 52.6 Å². The molecule has 0 amide bonds. The van der Waals surface area contributed by atoms with Gasteiger partial charge in [-0.05, 0) is 39.0 Å². The number of ether oxygens (including phenoxy) is 3. The standard InChI is InChI=1S/C26H30BrNO5/c1-4-30-25(29)10-19-7-5-6-8-24(19)31-15-21-16-32-26-20(9-22(27)11-23(21)26)14-28-12-17(2)33-18(3)13-28/h5-9,11,16-18H,4,10,12-15H2,1-3H3/t17-,18+. The van der Waals surface area contributed by atoms with E-state index in [1.165, 1.54) is 0 Å². The Balaban J connectivity index is 1.52. The van der Waals surface area contributed by atoms with Gasteiger partial charge in [-0.2, -0.15) is 0 Å². The second-order valence-corrected chi connectivity index (χ2v) is 9.45. The Kier molecular flexibility index (Phi) is 7.73. The summed E-state index contributed by atoms with van der Waals surface area (Å²) in [7, 11) is 0. The third-order valence-corrected chi connectivity index (χ3v) is 6.14. The van der Waals surface area contributed by atoms with Crippen molar-refractivity contribution in [1.82, 2.24) is 4.90 Å². The molecule has 3 aromatic rings. The first kappa shape index (κ1) is 23.8. The van der Waals surface area contributed by atoms with Gasteiger partial charge in [0.25, 0.3) is 0 Å². The number of hydrogen-bond acceptors (Lipinski definition) is 6. The smallest absolute Gasteiger partial charge is 0.310 e. The van der Waals surface area contributed by atoms with Gasteiger partial charge in [-0.25, -0.2) is 0 Å². The molecule has 7 heteroatoms. The van der Waals surface area contributed by atoms with Gasteiger partial charge in [-0.3, -0.25) is 9.69 Å². The van der Waals surface area contributed by atoms with E-state index in [2.05, 4.69) is 46.8 Å². The van der Waals surface area contributed by atoms with Gasteiger partial charge in [0.2, 0.25) is 0 Å². The Hall–Kier alpha value is -2.35. The number of esters is 1. The van der Waals surface area contributed by atoms with E-state index >= 15 is 0 Å². The maximum atomic E-state index is 11.9. The number of carbonyl (C=O) groups is 1. The third-order valence-electron chi connectivity index (χ3n) is 5.68. The largest absolute Gasteiger partial charge is 0.488 e. The molecule has 4 rings (SSSR count). The zero-order valence-electron chi connectivity index (χ0n) is 19.3. The molecule has 0 unspecified atom stereocenters. The van der Waals surface area contributed by atoms with Crippen LogP contribution in [-0.2, 0) is 33.8 Å². The Morgan fingerprint density at radius 1 is 1.12 bits per heavy atom. The lowest BCUT2D eigenvalue weighted by Crippen LogP contribution is -2.44. The van der Waals surface area contributed by atoms with Gasteiger partial charge in [0.05, 0.1) is 31.5 Å². The minimum absolute atomic E-state index is 0.183. The summed E-state index contributed by atoms with van der Waals surface area (Å²) in [5.74, 6) is 0.411. The fourth-order valence-corrected chi connectivity index (χ4v) is 4.92. The van der Waals surface area contributed by atoms with Gasteiger partial charge >= 0.3 is 5.97 Å². The van der Waals surface area contributed by atoms with Crippen molar-refractivity contribution in [3.63, 3.8) is 0 Å². The van der Waals surface area contributed by atoms with Crippen LogP contribution in [0.1, 0.15) is 37.5 Å². The summed E-state index contributed by atoms with van der Waals surface area (Å²) in [6, 6.07) is 11.7. The molecule has 0 bridgehead atoms. The Bertz CT molecular complexity index is 1100. The van der Waals surface area contributed by atoms with Gasteiger partial charge in [0.15, 0.2) is 0 Å². The molecule has 0 N–H and O–H groups in total. The first-order valence-electron chi connectivity index (χ1n) is 11.4. The minimum Gasteiger partial charge on any atom is -0.488 e. The number of hydrogen-bond donors (Lipinski definition) is 0. The molecular formula is C26H30BrNO5. The summed E-state index contributed by atoms with van der Waals surface area (Å²) in [5, 5.41) is 1.02. The Morgan fingerprint density at radius 2 is 1.88 bits per heavy atom. The average molecular weight is 516 g/mol. The molecule has 1 aromatic heterocycles. The summed E-state index contributed by atoms with van der Waals surface area (Å²) in [6.45, 7) is 9.32. The molecule has 0 saturated carbocycles. The van der Waals surface area contributed by atoms with Crippen LogP contribution in [0.25, 0.3) is 11.0 Å². The van der Waals surface area contributed by atoms with Crippen LogP contribution >= 0.6 is 15.9 Å². The molecule has 1 aliphatic heterocycles. The number of fused-ring (bicyclic) bond motifs is 1. The second-order valence-electron chi connectivity index (χ2n) is 8.53. The van der Waals surface area contributed by atoms with Gasteiger partial charge < -0.3 is 18.6 Å². The molecule has 2 heterocycles. The normalized spacial score (nSPS) is 19.0. The fraction of sp³-hybridized carbons (Fsp3) is 0.423. The lowest BCUT2D eigenvalue weighted by molar-refractivity contribution is -0.142. The van der Waals surface area contributed by atoms with Gasteiger partial charge in [0, 0.05) is 46.2 Å². The van der Waals surface area contributed by atoms with Gasteiger partial charge in [0.1, 0.15) is 17.9 Å². The van der Waals surface area contributed by atoms with Gasteiger partial charge in [-0.15, -0.1) is 0 Å². The van der Waals surface area contributed by atoms with Crippen molar-refractivity contribution in [2.24, 2.45) is 0 Å². The molecule has 0 aliphatic carbocycles. The van der Waals surface area contributed by atoms with E-state index in [1.807, 2.05) is 24.3 Å². The van der Waals surface area contributed by atoms with Crippen LogP contribution in [0.4, 0.5) is 0 Å². The number of carbonyl (C=O) groups excluding carboxylic acids is 1. The average Bonchev–Trinajstić information content (AvgIpc) is 3.15. The van der Waals surface area contributed by atoms with E-state index in [0.29, 0.717) is 19.0 Å². The molecule has 176 valence electrons. The van der Waals surface area contributed by atoms with Crippen LogP contribution < -0.4 is 4.74 Å². The van der Waals surface area contributed by atoms with Crippen molar-refractivity contribution in [3.05, 3.63) is 63.8 Å². The molecule has 6 nitrogen and oxygen atoms in total. The maximum absolute atomic E-state index is 11.9. The van der Waals surface area contributed by atoms with E-state index in [1.54, 1.807) is 13.2 Å². The predicted molar refractivity (Wildman–Crippen MR) is 130 cm³/mol. The van der Waals surface area contributed by atoms with Gasteiger partial charge in [-0.1, -0.05) is 34.1 Å². The number of morpholine rings is 1. The summed E-state index contributed by atoms with van der Waals surface area (Å²) < 4.78 is 24.1. The fourth-order valence-electron chi connectivity index (χ4n) is 4.42. The quantitative estimate of drug-likeness (QED) is 0.369. The monoisotopic (exact) mass is 515 g/mol. The van der Waals surface area contributed by atoms with E-state index in [0.717, 1.165) is 51.8 Å². The van der Waals surface area contributed by atoms with E-state index in [4.69, 9.17) is 18.6 Å². The molecule has 1 aliphatic rings. The predicted octanol–water partition coefficient (Wildman–Crippen LogP) is 5.49. The zero-order chi connectivity index (χ0) is 23.4. The van der Waals surface area contributed by atoms with Crippen LogP contribution in [-0.4, -0.2) is 42.8 Å². The topological polar surface area (TPSA) is 61.1 Å². The van der Waals surface area contributed by atoms with Crippen molar-refractivity contribution in [1.29, 1.82) is 0 Å². The summed E-state index contributed by atoms with van der Waals surface area (Å²) in [5.41, 5.74) is 3.78. The summed E-state index contributed by atoms with van der Waals surface area (Å²) in [6.07, 6.45) is 2.37. The van der Waals surface area contributed by atoms with E-state index in [-0.39, 0.29) is 24.6 Å². The maximum Gasteiger partial charge on any atom is 0.310 e. The lowest BCUT2D eigenvalue weighted by Gasteiger charge is -2.35. The highest BCUT2D eigenvalue weighted by Gasteiger charge is 2.23. The number of furan rings is 1. The third kappa shape index (κ3) is 5.96. The number of halogens is 1. The number of para-hydroxylation sites is 1. The summed E-state index contributed by atoms with van der Waals surface area (Å²) >= 11 is 3.66. The van der Waals surface area contributed by atoms with Crippen molar-refractivity contribution >= 4 is 32.9 Å². The lowest BCUT2D eigenvalue weighted by atomic mass is 10.1. The van der Waals surface area contributed by atoms with Crippen LogP contribution in [0, 0.1) is 0 Å². The van der Waals surface area contributed by atoms with Crippen molar-refractivity contribution in [2.75, 3.05) is 19.7 Å². The van der Waals surface area contributed by atoms with Crippen LogP contribution in [0.5, 0.6) is 5.75 Å². The Morgan fingerprint density at radius 3 is 2.64 bits per heavy atom. The number of benzene rings is 2. The number of rotatable bonds is 8. The molecule has 1 saturated heterocycles. The molecular weight excluding hydrogens is 486 g/mol. The first-order valence-corrected chi connectivity index (χ1v) is 12.1. The van der Waals surface area contributed by atoms with Crippen LogP contribution in [0.2, 0.25) is 0 Å². The highest BCUT2D eigenvalue weighted by atomic mass is 79.9. The van der Waals surface area contributed by atoms with Crippen LogP contribution in [0.15, 0.2) is 51.6 Å². The SMILES string of the molecule is CCOC(=O)Cc1ccccc1OCc1coc2c(CN3C[C@@H](C)O[C@@H](C)C3)cc(Br)cc12. The van der Waals surface area contributed by atoms with Crippen molar-refractivity contribution < 1.29 is 23.4 Å². The second kappa shape index (κ2) is 10.7. The van der Waals surface area contributed by atoms with Crippen molar-refractivity contribution in [3.8, 4) is 5.75 Å². The molecule has 2 atom stereocenters. The van der Waals surface area contributed by atoms with E-state index in [9.17, 15) is 4.79 Å². The Labute approximate surface area is 202 Å². The molecule has 2 aromatic carbocycles. The first-order chi connectivity index (χ1) is 15.9. The minimum atomic E-state index is -0.261. The highest BCUT2D eigenvalue weighted by molar-refractivity contribution is 9.10. The number of nitrogens with zero attached hydrogens (tertiary/aromatic N) is 1. The molecule has 0 spiro atoms. The van der Waals surface area contributed by atoms with E-state index < -0.39 is 0 Å². The highest BCUT2D eigenvalue weighted by Crippen LogP contribution is 2.31. The summed E-state index contributed by atoms with van der Waals surface area (Å²) in [4.78, 5) is 14.3. The van der Waals surface area contributed by atoms with Crippen LogP contribution in [0.3, 0.4) is 0 Å². The molecule has 33 heavy (non-hydrogen) atoms. The molecule has 1 fully saturated rings. The molecule has 0 radical (unpaired) electrons.